The zero-order chi connectivity index (χ0) is 29.3. The molecular weight excluding hydrogens is 512 g/mol. The number of aromatic amines is 1. The molecule has 5 N–H and O–H groups in total. The molecule has 2 atom stereocenters. The second-order valence-electron chi connectivity index (χ2n) is 11.1. The van der Waals surface area contributed by atoms with Crippen LogP contribution in [0.2, 0.25) is 0 Å². The third kappa shape index (κ3) is 12.1. The predicted molar refractivity (Wildman–Crippen MR) is 156 cm³/mol. The predicted octanol–water partition coefficient (Wildman–Crippen LogP) is 4.48. The van der Waals surface area contributed by atoms with Crippen LogP contribution in [0.25, 0.3) is 11.2 Å². The number of nitrogen functional groups attached to an aromatic ring is 1. The average Bonchev–Trinajstić information content (AvgIpc) is 3.32. The fourth-order valence-electron chi connectivity index (χ4n) is 4.52. The molecule has 0 saturated heterocycles. The normalized spacial score (nSPS) is 13.0. The number of rotatable bonds is 21. The first-order valence-electron chi connectivity index (χ1n) is 15.0. The molecule has 0 aromatic carbocycles. The topological polar surface area (TPSA) is 168 Å². The Morgan fingerprint density at radius 1 is 1.00 bits per heavy atom. The van der Waals surface area contributed by atoms with E-state index in [9.17, 15) is 14.4 Å². The molecule has 2 aromatic heterocycles. The highest BCUT2D eigenvalue weighted by Crippen LogP contribution is 2.16. The molecule has 0 unspecified atom stereocenters. The van der Waals surface area contributed by atoms with Gasteiger partial charge >= 0.3 is 11.9 Å². The Hall–Kier alpha value is -2.95. The Morgan fingerprint density at radius 2 is 1.62 bits per heavy atom. The van der Waals surface area contributed by atoms with Gasteiger partial charge in [0.1, 0.15) is 6.04 Å². The van der Waals surface area contributed by atoms with E-state index in [-0.39, 0.29) is 42.5 Å². The number of carbonyl (C=O) groups excluding carboxylic acids is 2. The maximum absolute atomic E-state index is 12.4. The van der Waals surface area contributed by atoms with E-state index in [0.717, 1.165) is 19.3 Å². The molecule has 0 aliphatic rings. The molecule has 11 heteroatoms. The number of esters is 2. The van der Waals surface area contributed by atoms with Gasteiger partial charge in [0, 0.05) is 18.9 Å². The Morgan fingerprint density at radius 3 is 2.25 bits per heavy atom. The summed E-state index contributed by atoms with van der Waals surface area (Å²) < 4.78 is 12.7. The highest BCUT2D eigenvalue weighted by Gasteiger charge is 2.21. The number of hydrogen-bond acceptors (Lipinski definition) is 9. The van der Waals surface area contributed by atoms with Gasteiger partial charge in [-0.2, -0.15) is 4.98 Å². The second-order valence-corrected chi connectivity index (χ2v) is 11.1. The molecule has 40 heavy (non-hydrogen) atoms. The number of nitrogens with one attached hydrogen (secondary N) is 1. The molecule has 0 radical (unpaired) electrons. The van der Waals surface area contributed by atoms with Gasteiger partial charge in [-0.05, 0) is 18.8 Å². The van der Waals surface area contributed by atoms with Crippen LogP contribution in [-0.2, 0) is 25.6 Å². The van der Waals surface area contributed by atoms with Crippen molar-refractivity contribution in [3.8, 4) is 0 Å². The second kappa shape index (κ2) is 18.4. The number of nitrogens with two attached hydrogens (primary N) is 2. The zero-order valence-electron chi connectivity index (χ0n) is 24.7. The summed E-state index contributed by atoms with van der Waals surface area (Å²) in [6.07, 6.45) is 15.7. The highest BCUT2D eigenvalue weighted by molar-refractivity contribution is 5.75. The molecule has 0 bridgehead atoms. The van der Waals surface area contributed by atoms with E-state index >= 15 is 0 Å². The zero-order valence-corrected chi connectivity index (χ0v) is 24.7. The van der Waals surface area contributed by atoms with Crippen LogP contribution < -0.4 is 17.0 Å². The summed E-state index contributed by atoms with van der Waals surface area (Å²) in [4.78, 5) is 47.5. The Bertz CT molecular complexity index is 1080. The molecule has 0 aliphatic carbocycles. The minimum Gasteiger partial charge on any atom is -0.465 e. The van der Waals surface area contributed by atoms with E-state index in [1.54, 1.807) is 4.57 Å². The lowest BCUT2D eigenvalue weighted by Crippen LogP contribution is -2.37. The van der Waals surface area contributed by atoms with Crippen LogP contribution in [0.3, 0.4) is 0 Å². The molecule has 0 fully saturated rings. The standard InChI is InChI=1S/C29H50N6O5/c1-4-5-6-7-8-9-10-11-12-13-14-15-23(36)40-19-22(16-17-39-28(38)24(30)21(2)3)18-35-20-32-25-26(35)33-29(31)34-27(25)37/h20-22,24H,4-19,30H2,1-3H3,(H3,31,33,34,37)/t22-,24+/m1/s1. The van der Waals surface area contributed by atoms with Gasteiger partial charge in [-0.15, -0.1) is 0 Å². The number of aromatic nitrogens is 4. The fraction of sp³-hybridized carbons (Fsp3) is 0.759. The van der Waals surface area contributed by atoms with Gasteiger partial charge in [-0.25, -0.2) is 4.98 Å². The van der Waals surface area contributed by atoms with Gasteiger partial charge in [-0.1, -0.05) is 85.0 Å². The summed E-state index contributed by atoms with van der Waals surface area (Å²) in [5.74, 6) is -0.952. The van der Waals surface area contributed by atoms with Crippen molar-refractivity contribution in [2.24, 2.45) is 17.6 Å². The van der Waals surface area contributed by atoms with Crippen LogP contribution in [0, 0.1) is 11.8 Å². The molecule has 226 valence electrons. The molecule has 0 amide bonds. The van der Waals surface area contributed by atoms with Crippen molar-refractivity contribution in [3.63, 3.8) is 0 Å². The van der Waals surface area contributed by atoms with Gasteiger partial charge in [0.15, 0.2) is 11.2 Å². The number of imidazole rings is 1. The van der Waals surface area contributed by atoms with Crippen LogP contribution in [0.1, 0.15) is 104 Å². The summed E-state index contributed by atoms with van der Waals surface area (Å²) in [6.45, 7) is 6.57. The highest BCUT2D eigenvalue weighted by atomic mass is 16.5. The number of fused-ring (bicyclic) bond motifs is 1. The smallest absolute Gasteiger partial charge is 0.323 e. The summed E-state index contributed by atoms with van der Waals surface area (Å²) in [6, 6.07) is -0.696. The van der Waals surface area contributed by atoms with E-state index in [1.807, 2.05) is 13.8 Å². The first-order valence-corrected chi connectivity index (χ1v) is 15.0. The fourth-order valence-corrected chi connectivity index (χ4v) is 4.52. The lowest BCUT2D eigenvalue weighted by molar-refractivity contribution is -0.149. The lowest BCUT2D eigenvalue weighted by atomic mass is 10.1. The van der Waals surface area contributed by atoms with Gasteiger partial charge < -0.3 is 25.5 Å². The number of anilines is 1. The summed E-state index contributed by atoms with van der Waals surface area (Å²) in [5.41, 5.74) is 11.7. The quantitative estimate of drug-likeness (QED) is 0.147. The van der Waals surface area contributed by atoms with Crippen molar-refractivity contribution < 1.29 is 19.1 Å². The third-order valence-corrected chi connectivity index (χ3v) is 7.17. The van der Waals surface area contributed by atoms with Gasteiger partial charge in [0.25, 0.3) is 5.56 Å². The number of H-pyrrole nitrogens is 1. The van der Waals surface area contributed by atoms with Crippen molar-refractivity contribution in [2.75, 3.05) is 18.9 Å². The SMILES string of the molecule is CCCCCCCCCCCCCC(=O)OC[C@H](CCOC(=O)[C@@H](N)C(C)C)Cn1cnc2c(=O)[nH]c(N)nc21. The van der Waals surface area contributed by atoms with Crippen molar-refractivity contribution in [1.29, 1.82) is 0 Å². The summed E-state index contributed by atoms with van der Waals surface area (Å²) >= 11 is 0. The van der Waals surface area contributed by atoms with Gasteiger partial charge in [-0.3, -0.25) is 19.4 Å². The van der Waals surface area contributed by atoms with E-state index in [2.05, 4.69) is 21.9 Å². The number of hydrogen-bond donors (Lipinski definition) is 3. The van der Waals surface area contributed by atoms with Crippen molar-refractivity contribution >= 4 is 29.1 Å². The Kier molecular flexibility index (Phi) is 15.3. The van der Waals surface area contributed by atoms with Gasteiger partial charge in [0.05, 0.1) is 19.5 Å². The van der Waals surface area contributed by atoms with E-state index in [1.165, 1.54) is 57.7 Å². The van der Waals surface area contributed by atoms with Crippen molar-refractivity contribution in [2.45, 2.75) is 117 Å². The number of ether oxygens (including phenoxy) is 2. The average molecular weight is 563 g/mol. The molecular formula is C29H50N6O5. The van der Waals surface area contributed by atoms with E-state index < -0.39 is 17.6 Å². The Balaban J connectivity index is 1.80. The van der Waals surface area contributed by atoms with E-state index in [4.69, 9.17) is 20.9 Å². The number of carbonyl (C=O) groups is 2. The first kappa shape index (κ1) is 33.3. The van der Waals surface area contributed by atoms with Crippen LogP contribution in [0.4, 0.5) is 5.95 Å². The molecule has 2 aromatic rings. The van der Waals surface area contributed by atoms with E-state index in [0.29, 0.717) is 25.0 Å². The summed E-state index contributed by atoms with van der Waals surface area (Å²) in [5, 5.41) is 0. The van der Waals surface area contributed by atoms with Crippen LogP contribution in [-0.4, -0.2) is 50.7 Å². The van der Waals surface area contributed by atoms with Gasteiger partial charge in [0.2, 0.25) is 5.95 Å². The minimum atomic E-state index is -0.696. The third-order valence-electron chi connectivity index (χ3n) is 7.17. The molecule has 0 aliphatic heterocycles. The van der Waals surface area contributed by atoms with Crippen LogP contribution in [0.15, 0.2) is 11.1 Å². The molecule has 0 spiro atoms. The maximum atomic E-state index is 12.4. The minimum absolute atomic E-state index is 0.00851. The van der Waals surface area contributed by atoms with Crippen LogP contribution in [0.5, 0.6) is 0 Å². The lowest BCUT2D eigenvalue weighted by Gasteiger charge is -2.19. The molecule has 0 saturated carbocycles. The monoisotopic (exact) mass is 562 g/mol. The molecule has 2 heterocycles. The Labute approximate surface area is 237 Å². The molecule has 2 rings (SSSR count). The van der Waals surface area contributed by atoms with Crippen LogP contribution >= 0.6 is 0 Å². The molecule has 11 nitrogen and oxygen atoms in total. The van der Waals surface area contributed by atoms with Crippen molar-refractivity contribution in [1.82, 2.24) is 19.5 Å². The number of nitrogens with zero attached hydrogens (tertiary/aromatic N) is 3. The summed E-state index contributed by atoms with van der Waals surface area (Å²) in [7, 11) is 0. The first-order chi connectivity index (χ1) is 19.2. The number of unbranched alkanes of at least 4 members (excludes halogenated alkanes) is 10. The van der Waals surface area contributed by atoms with Crippen molar-refractivity contribution in [3.05, 3.63) is 16.7 Å². The largest absolute Gasteiger partial charge is 0.465 e. The maximum Gasteiger partial charge on any atom is 0.323 e.